The molecule has 2 N–H and O–H groups in total. The highest BCUT2D eigenvalue weighted by Gasteiger charge is 2.08. The molecule has 1 atom stereocenters. The van der Waals surface area contributed by atoms with Crippen LogP contribution in [0.3, 0.4) is 0 Å². The Morgan fingerprint density at radius 1 is 1.27 bits per heavy atom. The maximum Gasteiger partial charge on any atom is 0.0178 e. The summed E-state index contributed by atoms with van der Waals surface area (Å²) in [5, 5.41) is 0. The van der Waals surface area contributed by atoms with Gasteiger partial charge in [0.1, 0.15) is 0 Å². The summed E-state index contributed by atoms with van der Waals surface area (Å²) in [6.07, 6.45) is 7.74. The van der Waals surface area contributed by atoms with Crippen molar-refractivity contribution in [2.24, 2.45) is 11.7 Å². The monoisotopic (exact) mass is 199 g/mol. The van der Waals surface area contributed by atoms with E-state index in [2.05, 4.69) is 49.4 Å². The van der Waals surface area contributed by atoms with Crippen molar-refractivity contribution in [1.82, 2.24) is 0 Å². The van der Waals surface area contributed by atoms with Gasteiger partial charge in [0, 0.05) is 6.54 Å². The van der Waals surface area contributed by atoms with E-state index in [0.717, 1.165) is 6.42 Å². The highest BCUT2D eigenvalue weighted by molar-refractivity contribution is 5.68. The van der Waals surface area contributed by atoms with E-state index in [9.17, 15) is 0 Å². The molecule has 0 saturated carbocycles. The molecule has 1 nitrogen and oxygen atoms in total. The average molecular weight is 199 g/mol. The molecule has 0 radical (unpaired) electrons. The molecule has 78 valence electrons. The van der Waals surface area contributed by atoms with Crippen LogP contribution in [0.15, 0.2) is 42.5 Å². The fraction of sp³-hybridized carbons (Fsp3) is 0.286. The quantitative estimate of drug-likeness (QED) is 0.778. The molecule has 0 bridgehead atoms. The number of hydrogen-bond acceptors (Lipinski definition) is 1. The van der Waals surface area contributed by atoms with Crippen LogP contribution in [-0.2, 0) is 6.54 Å². The van der Waals surface area contributed by atoms with Gasteiger partial charge in [-0.3, -0.25) is 0 Å². The van der Waals surface area contributed by atoms with Crippen LogP contribution in [0, 0.1) is 5.92 Å². The average Bonchev–Trinajstić information content (AvgIpc) is 2.29. The molecule has 2 rings (SSSR count). The zero-order valence-electron chi connectivity index (χ0n) is 9.11. The van der Waals surface area contributed by atoms with Crippen LogP contribution >= 0.6 is 0 Å². The Kier molecular flexibility index (Phi) is 3.02. The van der Waals surface area contributed by atoms with Gasteiger partial charge in [0.2, 0.25) is 0 Å². The summed E-state index contributed by atoms with van der Waals surface area (Å²) in [4.78, 5) is 0. The molecule has 1 aromatic carbocycles. The van der Waals surface area contributed by atoms with Gasteiger partial charge in [-0.05, 0) is 29.0 Å². The van der Waals surface area contributed by atoms with E-state index in [1.807, 2.05) is 0 Å². The van der Waals surface area contributed by atoms with Crippen LogP contribution in [0.25, 0.3) is 5.57 Å². The molecule has 1 unspecified atom stereocenters. The lowest BCUT2D eigenvalue weighted by atomic mass is 9.91. The second kappa shape index (κ2) is 4.45. The van der Waals surface area contributed by atoms with Gasteiger partial charge in [-0.1, -0.05) is 49.4 Å². The van der Waals surface area contributed by atoms with Crippen molar-refractivity contribution in [2.45, 2.75) is 19.9 Å². The summed E-state index contributed by atoms with van der Waals surface area (Å²) in [7, 11) is 0. The molecule has 0 saturated heterocycles. The molecule has 0 fully saturated rings. The first-order chi connectivity index (χ1) is 7.29. The third kappa shape index (κ3) is 2.37. The fourth-order valence-corrected chi connectivity index (χ4v) is 1.91. The topological polar surface area (TPSA) is 26.0 Å². The van der Waals surface area contributed by atoms with Crippen LogP contribution < -0.4 is 5.73 Å². The van der Waals surface area contributed by atoms with E-state index >= 15 is 0 Å². The molecular formula is C14H17N. The minimum Gasteiger partial charge on any atom is -0.326 e. The predicted molar refractivity (Wildman–Crippen MR) is 65.2 cm³/mol. The van der Waals surface area contributed by atoms with E-state index in [4.69, 9.17) is 5.73 Å². The predicted octanol–water partition coefficient (Wildman–Crippen LogP) is 3.12. The SMILES string of the molecule is CC1C=CC=C(c2ccc(CN)cc2)C1. The maximum absolute atomic E-state index is 5.57. The molecule has 1 aliphatic rings. The Hall–Kier alpha value is -1.34. The van der Waals surface area contributed by atoms with E-state index in [-0.39, 0.29) is 0 Å². The van der Waals surface area contributed by atoms with E-state index < -0.39 is 0 Å². The first kappa shape index (κ1) is 10.2. The van der Waals surface area contributed by atoms with Crippen molar-refractivity contribution >= 4 is 5.57 Å². The minimum absolute atomic E-state index is 0.621. The summed E-state index contributed by atoms with van der Waals surface area (Å²) in [5.41, 5.74) is 9.52. The number of allylic oxidation sites excluding steroid dienone is 4. The van der Waals surface area contributed by atoms with Gasteiger partial charge in [0.05, 0.1) is 0 Å². The minimum atomic E-state index is 0.621. The van der Waals surface area contributed by atoms with Gasteiger partial charge < -0.3 is 5.73 Å². The van der Waals surface area contributed by atoms with Crippen LogP contribution in [0.5, 0.6) is 0 Å². The third-order valence-electron chi connectivity index (χ3n) is 2.84. The van der Waals surface area contributed by atoms with Gasteiger partial charge >= 0.3 is 0 Å². The molecule has 0 heterocycles. The standard InChI is InChI=1S/C14H17N/c1-11-3-2-4-14(9-11)13-7-5-12(10-15)6-8-13/h2-8,11H,9-10,15H2,1H3. The molecule has 0 amide bonds. The second-order valence-corrected chi connectivity index (χ2v) is 4.16. The van der Waals surface area contributed by atoms with Crippen molar-refractivity contribution in [3.8, 4) is 0 Å². The van der Waals surface area contributed by atoms with Crippen molar-refractivity contribution in [1.29, 1.82) is 0 Å². The Balaban J connectivity index is 2.22. The summed E-state index contributed by atoms with van der Waals surface area (Å²) < 4.78 is 0. The Labute approximate surface area is 91.3 Å². The largest absolute Gasteiger partial charge is 0.326 e. The number of nitrogens with two attached hydrogens (primary N) is 1. The van der Waals surface area contributed by atoms with Crippen molar-refractivity contribution in [3.05, 3.63) is 53.6 Å². The lowest BCUT2D eigenvalue weighted by molar-refractivity contribution is 0.749. The Morgan fingerprint density at radius 3 is 2.60 bits per heavy atom. The van der Waals surface area contributed by atoms with Crippen molar-refractivity contribution in [3.63, 3.8) is 0 Å². The summed E-state index contributed by atoms with van der Waals surface area (Å²) in [6.45, 7) is 2.87. The lowest BCUT2D eigenvalue weighted by Crippen LogP contribution is -1.99. The van der Waals surface area contributed by atoms with Crippen LogP contribution in [0.2, 0.25) is 0 Å². The zero-order valence-corrected chi connectivity index (χ0v) is 9.11. The highest BCUT2D eigenvalue weighted by atomic mass is 14.5. The molecule has 0 spiro atoms. The maximum atomic E-state index is 5.57. The molecule has 0 aliphatic heterocycles. The molecule has 1 aliphatic carbocycles. The van der Waals surface area contributed by atoms with E-state index in [1.165, 1.54) is 16.7 Å². The molecule has 15 heavy (non-hydrogen) atoms. The summed E-state index contributed by atoms with van der Waals surface area (Å²) in [5.74, 6) is 0.652. The first-order valence-electron chi connectivity index (χ1n) is 5.46. The van der Waals surface area contributed by atoms with Gasteiger partial charge in [0.15, 0.2) is 0 Å². The summed E-state index contributed by atoms with van der Waals surface area (Å²) in [6, 6.07) is 8.55. The molecule has 0 aromatic heterocycles. The van der Waals surface area contributed by atoms with Crippen molar-refractivity contribution in [2.75, 3.05) is 0 Å². The lowest BCUT2D eigenvalue weighted by Gasteiger charge is -2.14. The normalized spacial score (nSPS) is 20.1. The molecule has 1 aromatic rings. The van der Waals surface area contributed by atoms with Crippen LogP contribution in [0.1, 0.15) is 24.5 Å². The van der Waals surface area contributed by atoms with Crippen LogP contribution in [-0.4, -0.2) is 0 Å². The van der Waals surface area contributed by atoms with Gasteiger partial charge in [-0.15, -0.1) is 0 Å². The van der Waals surface area contributed by atoms with E-state index in [1.54, 1.807) is 0 Å². The Morgan fingerprint density at radius 2 is 2.00 bits per heavy atom. The third-order valence-corrected chi connectivity index (χ3v) is 2.84. The molecular weight excluding hydrogens is 182 g/mol. The van der Waals surface area contributed by atoms with E-state index in [0.29, 0.717) is 12.5 Å². The zero-order chi connectivity index (χ0) is 10.7. The van der Waals surface area contributed by atoms with Gasteiger partial charge in [-0.2, -0.15) is 0 Å². The van der Waals surface area contributed by atoms with Gasteiger partial charge in [-0.25, -0.2) is 0 Å². The molecule has 1 heteroatoms. The summed E-state index contributed by atoms with van der Waals surface area (Å²) >= 11 is 0. The fourth-order valence-electron chi connectivity index (χ4n) is 1.91. The number of benzene rings is 1. The smallest absolute Gasteiger partial charge is 0.0178 e. The first-order valence-corrected chi connectivity index (χ1v) is 5.46. The second-order valence-electron chi connectivity index (χ2n) is 4.16. The van der Waals surface area contributed by atoms with Crippen LogP contribution in [0.4, 0.5) is 0 Å². The number of hydrogen-bond donors (Lipinski definition) is 1. The van der Waals surface area contributed by atoms with Gasteiger partial charge in [0.25, 0.3) is 0 Å². The number of rotatable bonds is 2. The Bertz CT molecular complexity index is 384. The van der Waals surface area contributed by atoms with Crippen molar-refractivity contribution < 1.29 is 0 Å². The highest BCUT2D eigenvalue weighted by Crippen LogP contribution is 2.26.